The van der Waals surface area contributed by atoms with E-state index in [-0.39, 0.29) is 11.7 Å². The van der Waals surface area contributed by atoms with Gasteiger partial charge in [0.25, 0.3) is 10.0 Å². The van der Waals surface area contributed by atoms with E-state index in [1.54, 1.807) is 0 Å². The maximum Gasteiger partial charge on any atom is 0.255 e. The topological polar surface area (TPSA) is 90.9 Å². The number of rotatable bonds is 3. The Balaban J connectivity index is 2.22. The first-order valence-corrected chi connectivity index (χ1v) is 5.59. The van der Waals surface area contributed by atoms with Gasteiger partial charge in [-0.25, -0.2) is 8.42 Å². The minimum absolute atomic E-state index is 0.0145. The Morgan fingerprint density at radius 3 is 2.77 bits per heavy atom. The minimum atomic E-state index is -3.31. The van der Waals surface area contributed by atoms with Crippen molar-refractivity contribution in [2.24, 2.45) is 5.92 Å². The quantitative estimate of drug-likeness (QED) is 0.710. The van der Waals surface area contributed by atoms with Crippen molar-refractivity contribution >= 4 is 16.0 Å². The van der Waals surface area contributed by atoms with Gasteiger partial charge in [-0.05, 0) is 18.8 Å². The predicted octanol–water partition coefficient (Wildman–Crippen LogP) is -0.552. The van der Waals surface area contributed by atoms with E-state index in [0.717, 1.165) is 23.3 Å². The molecule has 0 atom stereocenters. The standard InChI is InChI=1S/C6H10N4O2S/c7-6-8-4-10(9-6)13(11,12)3-5-1-2-5/h4-5H,1-3H2,(H2,7,9). The zero-order valence-electron chi connectivity index (χ0n) is 6.92. The molecule has 0 aliphatic heterocycles. The highest BCUT2D eigenvalue weighted by atomic mass is 32.2. The van der Waals surface area contributed by atoms with Gasteiger partial charge in [-0.3, -0.25) is 0 Å². The molecule has 1 aromatic heterocycles. The Hall–Kier alpha value is -1.11. The van der Waals surface area contributed by atoms with Crippen LogP contribution in [0.15, 0.2) is 6.33 Å². The lowest BCUT2D eigenvalue weighted by Gasteiger charge is -2.00. The fourth-order valence-electron chi connectivity index (χ4n) is 1.05. The molecule has 1 heterocycles. The zero-order chi connectivity index (χ0) is 9.47. The van der Waals surface area contributed by atoms with Crippen LogP contribution in [0.2, 0.25) is 0 Å². The molecule has 2 rings (SSSR count). The van der Waals surface area contributed by atoms with Gasteiger partial charge in [0.2, 0.25) is 5.95 Å². The molecule has 0 radical (unpaired) electrons. The second kappa shape index (κ2) is 2.69. The number of nitrogens with zero attached hydrogens (tertiary/aromatic N) is 3. The summed E-state index contributed by atoms with van der Waals surface area (Å²) in [5, 5.41) is 3.56. The Bertz CT molecular complexity index is 406. The number of hydrogen-bond donors (Lipinski definition) is 1. The molecule has 1 aliphatic carbocycles. The van der Waals surface area contributed by atoms with E-state index in [2.05, 4.69) is 10.1 Å². The zero-order valence-corrected chi connectivity index (χ0v) is 7.74. The average Bonchev–Trinajstić information content (AvgIpc) is 2.70. The fraction of sp³-hybridized carbons (Fsp3) is 0.667. The molecule has 1 aliphatic rings. The first-order valence-electron chi connectivity index (χ1n) is 3.98. The van der Waals surface area contributed by atoms with Gasteiger partial charge in [0.1, 0.15) is 6.33 Å². The largest absolute Gasteiger partial charge is 0.366 e. The van der Waals surface area contributed by atoms with Gasteiger partial charge >= 0.3 is 0 Å². The molecule has 13 heavy (non-hydrogen) atoms. The molecule has 0 bridgehead atoms. The third-order valence-corrected chi connectivity index (χ3v) is 3.56. The van der Waals surface area contributed by atoms with Crippen molar-refractivity contribution in [2.75, 3.05) is 11.5 Å². The van der Waals surface area contributed by atoms with Gasteiger partial charge in [0.05, 0.1) is 5.75 Å². The Morgan fingerprint density at radius 1 is 1.62 bits per heavy atom. The van der Waals surface area contributed by atoms with Crippen LogP contribution in [-0.2, 0) is 10.0 Å². The molecule has 1 fully saturated rings. The van der Waals surface area contributed by atoms with Gasteiger partial charge in [0, 0.05) is 0 Å². The van der Waals surface area contributed by atoms with Gasteiger partial charge in [-0.1, -0.05) is 0 Å². The highest BCUT2D eigenvalue weighted by Crippen LogP contribution is 2.30. The summed E-state index contributed by atoms with van der Waals surface area (Å²) in [5.74, 6) is 0.435. The highest BCUT2D eigenvalue weighted by molar-refractivity contribution is 7.89. The summed E-state index contributed by atoms with van der Waals surface area (Å²) in [4.78, 5) is 3.56. The molecule has 7 heteroatoms. The SMILES string of the molecule is Nc1ncn(S(=O)(=O)CC2CC2)n1. The molecule has 0 aromatic carbocycles. The average molecular weight is 202 g/mol. The van der Waals surface area contributed by atoms with Crippen LogP contribution in [0.5, 0.6) is 0 Å². The predicted molar refractivity (Wildman–Crippen MR) is 46.3 cm³/mol. The van der Waals surface area contributed by atoms with E-state index < -0.39 is 10.0 Å². The summed E-state index contributed by atoms with van der Waals surface area (Å²) in [6.45, 7) is 0. The normalized spacial score (nSPS) is 17.5. The number of nitrogens with two attached hydrogens (primary N) is 1. The lowest BCUT2D eigenvalue weighted by molar-refractivity contribution is 0.576. The summed E-state index contributed by atoms with van der Waals surface area (Å²) in [5.41, 5.74) is 5.21. The van der Waals surface area contributed by atoms with Crippen molar-refractivity contribution in [3.63, 3.8) is 0 Å². The van der Waals surface area contributed by atoms with E-state index >= 15 is 0 Å². The van der Waals surface area contributed by atoms with Crippen LogP contribution in [0.4, 0.5) is 5.95 Å². The van der Waals surface area contributed by atoms with Crippen molar-refractivity contribution in [1.29, 1.82) is 0 Å². The summed E-state index contributed by atoms with van der Waals surface area (Å²) in [6, 6.07) is 0. The van der Waals surface area contributed by atoms with Crippen LogP contribution >= 0.6 is 0 Å². The number of nitrogen functional groups attached to an aromatic ring is 1. The van der Waals surface area contributed by atoms with Crippen molar-refractivity contribution < 1.29 is 8.42 Å². The maximum atomic E-state index is 11.5. The van der Waals surface area contributed by atoms with E-state index in [9.17, 15) is 8.42 Å². The number of anilines is 1. The monoisotopic (exact) mass is 202 g/mol. The molecular weight excluding hydrogens is 192 g/mol. The van der Waals surface area contributed by atoms with E-state index in [4.69, 9.17) is 5.73 Å². The van der Waals surface area contributed by atoms with Crippen LogP contribution in [0, 0.1) is 5.92 Å². The van der Waals surface area contributed by atoms with Crippen LogP contribution in [0.3, 0.4) is 0 Å². The lowest BCUT2D eigenvalue weighted by Crippen LogP contribution is -2.18. The summed E-state index contributed by atoms with van der Waals surface area (Å²) in [6.07, 6.45) is 3.11. The second-order valence-corrected chi connectivity index (χ2v) is 5.07. The molecule has 0 amide bonds. The van der Waals surface area contributed by atoms with Crippen LogP contribution < -0.4 is 5.73 Å². The number of aromatic nitrogens is 3. The molecule has 1 aromatic rings. The molecule has 6 nitrogen and oxygen atoms in total. The molecule has 0 saturated heterocycles. The van der Waals surface area contributed by atoms with Gasteiger partial charge in [-0.15, -0.1) is 9.19 Å². The third-order valence-electron chi connectivity index (χ3n) is 1.92. The molecular formula is C6H10N4O2S. The summed E-state index contributed by atoms with van der Waals surface area (Å²) < 4.78 is 23.8. The van der Waals surface area contributed by atoms with E-state index in [0.29, 0.717) is 5.92 Å². The maximum absolute atomic E-state index is 11.5. The molecule has 0 spiro atoms. The fourth-order valence-corrected chi connectivity index (χ4v) is 2.53. The minimum Gasteiger partial charge on any atom is -0.366 e. The van der Waals surface area contributed by atoms with Crippen LogP contribution in [-0.4, -0.2) is 28.3 Å². The van der Waals surface area contributed by atoms with Crippen molar-refractivity contribution in [3.05, 3.63) is 6.33 Å². The molecule has 0 unspecified atom stereocenters. The van der Waals surface area contributed by atoms with E-state index in [1.807, 2.05) is 0 Å². The second-order valence-electron chi connectivity index (χ2n) is 3.20. The van der Waals surface area contributed by atoms with Gasteiger partial charge < -0.3 is 5.73 Å². The Kier molecular flexibility index (Phi) is 1.76. The molecule has 2 N–H and O–H groups in total. The van der Waals surface area contributed by atoms with Crippen LogP contribution in [0.25, 0.3) is 0 Å². The van der Waals surface area contributed by atoms with Crippen LogP contribution in [0.1, 0.15) is 12.8 Å². The highest BCUT2D eigenvalue weighted by Gasteiger charge is 2.29. The number of hydrogen-bond acceptors (Lipinski definition) is 5. The Morgan fingerprint density at radius 2 is 2.31 bits per heavy atom. The summed E-state index contributed by atoms with van der Waals surface area (Å²) >= 11 is 0. The first kappa shape index (κ1) is 8.49. The molecule has 72 valence electrons. The van der Waals surface area contributed by atoms with Crippen molar-refractivity contribution in [3.8, 4) is 0 Å². The summed E-state index contributed by atoms with van der Waals surface area (Å²) in [7, 11) is -3.31. The smallest absolute Gasteiger partial charge is 0.255 e. The third kappa shape index (κ3) is 1.80. The lowest BCUT2D eigenvalue weighted by atomic mass is 10.5. The Labute approximate surface area is 75.8 Å². The van der Waals surface area contributed by atoms with Gasteiger partial charge in [-0.2, -0.15) is 4.98 Å². The molecule has 1 saturated carbocycles. The van der Waals surface area contributed by atoms with E-state index in [1.165, 1.54) is 0 Å². The van der Waals surface area contributed by atoms with Crippen molar-refractivity contribution in [1.82, 2.24) is 14.2 Å². The first-order chi connectivity index (χ1) is 6.08. The van der Waals surface area contributed by atoms with Gasteiger partial charge in [0.15, 0.2) is 0 Å². The van der Waals surface area contributed by atoms with Crippen molar-refractivity contribution in [2.45, 2.75) is 12.8 Å².